The average molecular weight is 862 g/mol. The van der Waals surface area contributed by atoms with Crippen LogP contribution in [0.15, 0.2) is 30.3 Å². The van der Waals surface area contributed by atoms with Gasteiger partial charge in [-0.3, -0.25) is 28.8 Å². The van der Waals surface area contributed by atoms with Crippen LogP contribution in [0.3, 0.4) is 0 Å². The minimum absolute atomic E-state index is 0.0429. The maximum Gasteiger partial charge on any atom is 0.315 e. The van der Waals surface area contributed by atoms with Crippen LogP contribution >= 0.6 is 12.6 Å². The molecule has 0 aliphatic carbocycles. The van der Waals surface area contributed by atoms with Gasteiger partial charge in [0.15, 0.2) is 0 Å². The van der Waals surface area contributed by atoms with Gasteiger partial charge < -0.3 is 48.3 Å². The number of nitrogens with one attached hydrogen (secondary N) is 8. The first-order valence-corrected chi connectivity index (χ1v) is 22.0. The molecule has 0 spiro atoms. The monoisotopic (exact) mass is 862 g/mol. The number of hydrogen-bond acceptors (Lipinski definition) is 9. The minimum atomic E-state index is -1.07. The van der Waals surface area contributed by atoms with Gasteiger partial charge >= 0.3 is 6.03 Å². The highest BCUT2D eigenvalue weighted by Gasteiger charge is 2.33. The Hall–Kier alpha value is -4.38. The molecule has 0 aliphatic heterocycles. The zero-order chi connectivity index (χ0) is 45.5. The van der Waals surface area contributed by atoms with Crippen molar-refractivity contribution in [2.75, 3.05) is 18.8 Å². The molecule has 16 nitrogen and oxygen atoms in total. The predicted molar refractivity (Wildman–Crippen MR) is 239 cm³/mol. The number of benzene rings is 1. The molecule has 0 saturated carbocycles. The molecule has 0 radical (unpaired) electrons. The number of urea groups is 1. The number of amides is 8. The Labute approximate surface area is 363 Å². The van der Waals surface area contributed by atoms with E-state index in [4.69, 9.17) is 5.73 Å². The van der Waals surface area contributed by atoms with Crippen LogP contribution in [-0.2, 0) is 35.2 Å². The molecule has 0 bridgehead atoms. The lowest BCUT2D eigenvalue weighted by Crippen LogP contribution is -2.54. The van der Waals surface area contributed by atoms with Gasteiger partial charge in [0, 0.05) is 68.2 Å². The summed E-state index contributed by atoms with van der Waals surface area (Å²) in [6.45, 7) is 17.3. The fourth-order valence-electron chi connectivity index (χ4n) is 7.00. The molecule has 6 atom stereocenters. The van der Waals surface area contributed by atoms with Crippen LogP contribution < -0.4 is 48.3 Å². The molecule has 1 aromatic carbocycles. The number of rotatable bonds is 28. The van der Waals surface area contributed by atoms with Gasteiger partial charge in [-0.15, -0.1) is 0 Å². The van der Waals surface area contributed by atoms with Gasteiger partial charge in [0.25, 0.3) is 0 Å². The van der Waals surface area contributed by atoms with Crippen LogP contribution in [0.5, 0.6) is 0 Å². The molecule has 0 saturated heterocycles. The van der Waals surface area contributed by atoms with Crippen LogP contribution in [0.25, 0.3) is 0 Å². The van der Waals surface area contributed by atoms with Gasteiger partial charge in [0.1, 0.15) is 18.1 Å². The maximum absolute atomic E-state index is 13.6. The topological polar surface area (TPSA) is 242 Å². The zero-order valence-corrected chi connectivity index (χ0v) is 38.3. The van der Waals surface area contributed by atoms with Gasteiger partial charge in [-0.05, 0) is 77.7 Å². The van der Waals surface area contributed by atoms with Crippen LogP contribution in [-0.4, -0.2) is 102 Å². The molecule has 60 heavy (non-hydrogen) atoms. The highest BCUT2D eigenvalue weighted by molar-refractivity contribution is 7.80. The summed E-state index contributed by atoms with van der Waals surface area (Å²) in [5, 5.41) is 22.6. The summed E-state index contributed by atoms with van der Waals surface area (Å²) in [6.07, 6.45) is 4.05. The Bertz CT molecular complexity index is 1530. The van der Waals surface area contributed by atoms with E-state index in [1.54, 1.807) is 13.8 Å². The summed E-state index contributed by atoms with van der Waals surface area (Å²) in [7, 11) is 0. The summed E-state index contributed by atoms with van der Waals surface area (Å²) in [6, 6.07) is 5.80. The van der Waals surface area contributed by atoms with E-state index in [1.165, 1.54) is 0 Å². The molecule has 0 heterocycles. The molecule has 0 fully saturated rings. The van der Waals surface area contributed by atoms with Crippen molar-refractivity contribution in [2.24, 2.45) is 11.1 Å². The molecular weight excluding hydrogens is 787 g/mol. The Morgan fingerprint density at radius 1 is 0.683 bits per heavy atom. The Balaban J connectivity index is 2.73. The SMILES string of the molecule is CCCC(C)NC(=O)NC(C)CCC(=O)NC(C)(C)CC(C)(C)CC(=O)NC(Cc1ccccc1)C(=O)NC(C)CCC(=O)NCC(N)C(=O)NC(CC)C(=O)NCCS. The Morgan fingerprint density at radius 3 is 1.85 bits per heavy atom. The normalized spacial score (nSPS) is 14.5. The lowest BCUT2D eigenvalue weighted by Gasteiger charge is -2.36. The molecule has 340 valence electrons. The van der Waals surface area contributed by atoms with Crippen molar-refractivity contribution < 1.29 is 33.6 Å². The first-order chi connectivity index (χ1) is 28.1. The highest BCUT2D eigenvalue weighted by Crippen LogP contribution is 2.31. The molecule has 6 unspecified atom stereocenters. The quantitative estimate of drug-likeness (QED) is 0.0561. The smallest absolute Gasteiger partial charge is 0.315 e. The van der Waals surface area contributed by atoms with Crippen molar-refractivity contribution in [3.8, 4) is 0 Å². The van der Waals surface area contributed by atoms with Crippen molar-refractivity contribution in [1.82, 2.24) is 42.5 Å². The molecular formula is C43H75N9O7S. The second kappa shape index (κ2) is 27.5. The van der Waals surface area contributed by atoms with Gasteiger partial charge in [0.05, 0.1) is 0 Å². The maximum atomic E-state index is 13.6. The lowest BCUT2D eigenvalue weighted by atomic mass is 9.77. The van der Waals surface area contributed by atoms with Gasteiger partial charge in [0.2, 0.25) is 35.4 Å². The van der Waals surface area contributed by atoms with E-state index in [0.717, 1.165) is 18.4 Å². The van der Waals surface area contributed by atoms with Crippen molar-refractivity contribution >= 4 is 54.1 Å². The third kappa shape index (κ3) is 23.4. The third-order valence-corrected chi connectivity index (χ3v) is 9.98. The van der Waals surface area contributed by atoms with Crippen molar-refractivity contribution in [3.05, 3.63) is 35.9 Å². The van der Waals surface area contributed by atoms with Gasteiger partial charge in [-0.2, -0.15) is 12.6 Å². The molecule has 0 aromatic heterocycles. The van der Waals surface area contributed by atoms with Crippen molar-refractivity contribution in [3.63, 3.8) is 0 Å². The van der Waals surface area contributed by atoms with E-state index in [-0.39, 0.29) is 80.4 Å². The number of carbonyl (C=O) groups is 7. The summed E-state index contributed by atoms with van der Waals surface area (Å²) in [5.74, 6) is -1.68. The second-order valence-corrected chi connectivity index (χ2v) is 17.8. The van der Waals surface area contributed by atoms with E-state index in [2.05, 4.69) is 62.1 Å². The fraction of sp³-hybridized carbons (Fsp3) is 0.698. The molecule has 10 N–H and O–H groups in total. The Morgan fingerprint density at radius 2 is 1.27 bits per heavy atom. The van der Waals surface area contributed by atoms with E-state index in [0.29, 0.717) is 31.6 Å². The standard InChI is InChI=1S/C43H75N9O7S/c1-10-15-28(3)48-41(59)49-30(5)19-21-36(54)52-43(8,9)27-42(6,7)25-37(55)50-34(24-31-16-13-12-14-17-31)40(58)47-29(4)18-20-35(53)46-26-32(44)38(56)51-33(11-2)39(57)45-22-23-60/h12-14,16-17,28-30,32-34,60H,10-11,15,18-27,44H2,1-9H3,(H,45,57)(H,46,53)(H,47,58)(H,50,55)(H,51,56)(H,52,54)(H2,48,49,59). The zero-order valence-electron chi connectivity index (χ0n) is 37.4. The average Bonchev–Trinajstić information content (AvgIpc) is 3.15. The summed E-state index contributed by atoms with van der Waals surface area (Å²) < 4.78 is 0. The largest absolute Gasteiger partial charge is 0.354 e. The van der Waals surface area contributed by atoms with E-state index in [1.807, 2.05) is 71.9 Å². The molecule has 17 heteroatoms. The Kier molecular flexibility index (Phi) is 24.6. The molecule has 8 amide bonds. The fourth-order valence-corrected chi connectivity index (χ4v) is 7.11. The number of thiol groups is 1. The van der Waals surface area contributed by atoms with E-state index < -0.39 is 46.9 Å². The number of nitrogens with two attached hydrogens (primary N) is 1. The minimum Gasteiger partial charge on any atom is -0.354 e. The first-order valence-electron chi connectivity index (χ1n) is 21.3. The van der Waals surface area contributed by atoms with E-state index in [9.17, 15) is 33.6 Å². The van der Waals surface area contributed by atoms with Crippen LogP contribution in [0.2, 0.25) is 0 Å². The molecule has 0 aliphatic rings. The van der Waals surface area contributed by atoms with Gasteiger partial charge in [-0.1, -0.05) is 64.4 Å². The van der Waals surface area contributed by atoms with Crippen molar-refractivity contribution in [1.29, 1.82) is 0 Å². The van der Waals surface area contributed by atoms with Crippen molar-refractivity contribution in [2.45, 2.75) is 168 Å². The van der Waals surface area contributed by atoms with Gasteiger partial charge in [-0.25, -0.2) is 4.79 Å². The first kappa shape index (κ1) is 53.6. The van der Waals surface area contributed by atoms with Crippen LogP contribution in [0.1, 0.15) is 126 Å². The van der Waals surface area contributed by atoms with E-state index >= 15 is 0 Å². The summed E-state index contributed by atoms with van der Waals surface area (Å²) in [4.78, 5) is 89.8. The van der Waals surface area contributed by atoms with Crippen LogP contribution in [0, 0.1) is 5.41 Å². The summed E-state index contributed by atoms with van der Waals surface area (Å²) >= 11 is 4.06. The third-order valence-electron chi connectivity index (χ3n) is 9.75. The highest BCUT2D eigenvalue weighted by atomic mass is 32.1. The second-order valence-electron chi connectivity index (χ2n) is 17.3. The number of hydrogen-bond donors (Lipinski definition) is 10. The predicted octanol–water partition coefficient (Wildman–Crippen LogP) is 2.74. The summed E-state index contributed by atoms with van der Waals surface area (Å²) in [5.41, 5.74) is 5.62. The van der Waals surface area contributed by atoms with Crippen LogP contribution in [0.4, 0.5) is 4.79 Å². The number of carbonyl (C=O) groups excluding carboxylic acids is 7. The lowest BCUT2D eigenvalue weighted by molar-refractivity contribution is -0.130. The molecule has 1 rings (SSSR count). The molecule has 1 aromatic rings.